The average molecular weight is 547 g/mol. The number of hydrogen-bond donors (Lipinski definition) is 2. The van der Waals surface area contributed by atoms with Gasteiger partial charge in [0.25, 0.3) is 0 Å². The lowest BCUT2D eigenvalue weighted by atomic mass is 9.91. The Balaban J connectivity index is 1.63. The molecule has 1 aliphatic rings. The summed E-state index contributed by atoms with van der Waals surface area (Å²) in [5.74, 6) is -4.22. The highest BCUT2D eigenvalue weighted by molar-refractivity contribution is 5.89. The largest absolute Gasteiger partial charge is 0.416 e. The number of alkyl halides is 2. The van der Waals surface area contributed by atoms with Gasteiger partial charge in [0.2, 0.25) is 5.88 Å². The number of pyridine rings is 1. The number of anilines is 1. The second kappa shape index (κ2) is 10.6. The van der Waals surface area contributed by atoms with E-state index in [0.717, 1.165) is 33.0 Å². The number of rotatable bonds is 6. The van der Waals surface area contributed by atoms with Crippen LogP contribution in [0.5, 0.6) is 5.88 Å². The Kier molecular flexibility index (Phi) is 7.72. The van der Waals surface area contributed by atoms with Crippen LogP contribution in [0.3, 0.4) is 0 Å². The van der Waals surface area contributed by atoms with Crippen molar-refractivity contribution in [2.45, 2.75) is 58.2 Å². The Morgan fingerprint density at radius 3 is 2.64 bits per heavy atom. The van der Waals surface area contributed by atoms with Crippen molar-refractivity contribution in [1.82, 2.24) is 24.8 Å². The highest BCUT2D eigenvalue weighted by Crippen LogP contribution is 2.41. The molecule has 2 atom stereocenters. The molecular weight excluding hydrogens is 513 g/mol. The van der Waals surface area contributed by atoms with Crippen LogP contribution in [0.1, 0.15) is 50.7 Å². The highest BCUT2D eigenvalue weighted by atomic mass is 19.3. The molecule has 1 unspecified atom stereocenters. The van der Waals surface area contributed by atoms with Crippen LogP contribution >= 0.6 is 0 Å². The maximum absolute atomic E-state index is 15.3. The molecular formula is C27H33F3N6O3. The topological polar surface area (TPSA) is 104 Å². The first kappa shape index (κ1) is 28.5. The van der Waals surface area contributed by atoms with Crippen molar-refractivity contribution in [3.05, 3.63) is 53.2 Å². The number of carbonyl (C=O) groups is 1. The molecule has 12 heteroatoms. The van der Waals surface area contributed by atoms with Crippen molar-refractivity contribution >= 4 is 22.8 Å². The van der Waals surface area contributed by atoms with Gasteiger partial charge in [-0.25, -0.2) is 24.1 Å². The fraction of sp³-hybridized carbons (Fsp3) is 0.481. The molecule has 210 valence electrons. The van der Waals surface area contributed by atoms with E-state index < -0.39 is 35.0 Å². The van der Waals surface area contributed by atoms with Gasteiger partial charge in [0, 0.05) is 42.7 Å². The molecule has 3 aromatic rings. The smallest absolute Gasteiger partial charge is 0.391 e. The molecule has 0 radical (unpaired) electrons. The van der Waals surface area contributed by atoms with Crippen molar-refractivity contribution in [3.8, 4) is 5.88 Å². The molecule has 0 bridgehead atoms. The molecule has 1 saturated heterocycles. The molecule has 39 heavy (non-hydrogen) atoms. The predicted molar refractivity (Wildman–Crippen MR) is 140 cm³/mol. The van der Waals surface area contributed by atoms with Gasteiger partial charge in [0.1, 0.15) is 23.1 Å². The minimum Gasteiger partial charge on any atom is -0.391 e. The summed E-state index contributed by atoms with van der Waals surface area (Å²) in [6, 6.07) is 4.34. The number of fused-ring (bicyclic) bond motifs is 1. The summed E-state index contributed by atoms with van der Waals surface area (Å²) in [4.78, 5) is 29.6. The van der Waals surface area contributed by atoms with Gasteiger partial charge in [-0.15, -0.1) is 0 Å². The first-order chi connectivity index (χ1) is 18.2. The van der Waals surface area contributed by atoms with Crippen LogP contribution in [-0.4, -0.2) is 74.3 Å². The summed E-state index contributed by atoms with van der Waals surface area (Å²) < 4.78 is 50.5. The Hall–Kier alpha value is -3.51. The lowest BCUT2D eigenvalue weighted by Gasteiger charge is -2.37. The van der Waals surface area contributed by atoms with Gasteiger partial charge >= 0.3 is 12.0 Å². The molecule has 2 aromatic heterocycles. The summed E-state index contributed by atoms with van der Waals surface area (Å²) in [7, 11) is 1.99. The number of aryl methyl sites for hydroxylation is 1. The summed E-state index contributed by atoms with van der Waals surface area (Å²) in [6.45, 7) is 9.04. The van der Waals surface area contributed by atoms with Gasteiger partial charge in [0.15, 0.2) is 0 Å². The molecule has 2 N–H and O–H groups in total. The number of ether oxygens (including phenoxy) is 1. The molecule has 0 aliphatic carbocycles. The number of likely N-dealkylation sites (N-methyl/N-ethyl adjacent to an activating group) is 1. The van der Waals surface area contributed by atoms with Crippen LogP contribution in [0.4, 0.5) is 23.8 Å². The number of piperazine rings is 1. The number of halogens is 3. The zero-order valence-electron chi connectivity index (χ0n) is 22.8. The van der Waals surface area contributed by atoms with Gasteiger partial charge in [-0.3, -0.25) is 0 Å². The number of nitrogens with zero attached hydrogens (tertiary/aromatic N) is 5. The normalized spacial score (nSPS) is 17.8. The molecule has 4 rings (SSSR count). The fourth-order valence-electron chi connectivity index (χ4n) is 4.59. The van der Waals surface area contributed by atoms with Crippen LogP contribution in [0, 0.1) is 12.7 Å². The summed E-state index contributed by atoms with van der Waals surface area (Å²) in [5.41, 5.74) is -2.95. The van der Waals surface area contributed by atoms with Crippen molar-refractivity contribution < 1.29 is 27.8 Å². The Morgan fingerprint density at radius 2 is 1.97 bits per heavy atom. The summed E-state index contributed by atoms with van der Waals surface area (Å²) >= 11 is 0. The van der Waals surface area contributed by atoms with Gasteiger partial charge in [0.05, 0.1) is 23.3 Å². The first-order valence-corrected chi connectivity index (χ1v) is 12.7. The third-order valence-electron chi connectivity index (χ3n) is 6.88. The van der Waals surface area contributed by atoms with E-state index in [2.05, 4.69) is 25.2 Å². The number of aliphatic hydroxyl groups is 1. The van der Waals surface area contributed by atoms with Crippen molar-refractivity contribution in [1.29, 1.82) is 0 Å². The van der Waals surface area contributed by atoms with Gasteiger partial charge in [-0.2, -0.15) is 8.78 Å². The second-order valence-electron chi connectivity index (χ2n) is 10.5. The van der Waals surface area contributed by atoms with E-state index >= 15 is 4.39 Å². The molecule has 3 heterocycles. The Morgan fingerprint density at radius 1 is 1.26 bits per heavy atom. The highest BCUT2D eigenvalue weighted by Gasteiger charge is 2.49. The predicted octanol–water partition coefficient (Wildman–Crippen LogP) is 4.64. The van der Waals surface area contributed by atoms with Crippen LogP contribution in [0.15, 0.2) is 30.5 Å². The van der Waals surface area contributed by atoms with Crippen LogP contribution < -0.4 is 10.1 Å². The lowest BCUT2D eigenvalue weighted by Crippen LogP contribution is -2.53. The second-order valence-corrected chi connectivity index (χ2v) is 10.5. The van der Waals surface area contributed by atoms with E-state index in [1.165, 1.54) is 24.4 Å². The number of hydrogen-bond acceptors (Lipinski definition) is 8. The first-order valence-electron chi connectivity index (χ1n) is 12.7. The van der Waals surface area contributed by atoms with E-state index in [-0.39, 0.29) is 23.3 Å². The van der Waals surface area contributed by atoms with E-state index in [4.69, 9.17) is 4.74 Å². The number of amides is 1. The zero-order chi connectivity index (χ0) is 28.7. The SMILES string of the molecule is Cc1nc(N[C@H](C)c2cccc(C(F)(F)C(C)(C)O)c2F)c2cc(OC(=O)N3CCN(C)CC3C)ncc2n1. The van der Waals surface area contributed by atoms with E-state index in [0.29, 0.717) is 23.3 Å². The number of benzene rings is 1. The summed E-state index contributed by atoms with van der Waals surface area (Å²) in [6.07, 6.45) is 0.922. The van der Waals surface area contributed by atoms with Crippen LogP contribution in [0.2, 0.25) is 0 Å². The van der Waals surface area contributed by atoms with Crippen molar-refractivity contribution in [2.75, 3.05) is 32.0 Å². The Labute approximate surface area is 225 Å². The molecule has 1 amide bonds. The van der Waals surface area contributed by atoms with Gasteiger partial charge in [-0.05, 0) is 47.7 Å². The molecule has 9 nitrogen and oxygen atoms in total. The van der Waals surface area contributed by atoms with Crippen LogP contribution in [-0.2, 0) is 5.92 Å². The average Bonchev–Trinajstić information content (AvgIpc) is 2.83. The molecule has 1 aliphatic heterocycles. The van der Waals surface area contributed by atoms with E-state index in [1.54, 1.807) is 18.7 Å². The maximum Gasteiger partial charge on any atom is 0.416 e. The van der Waals surface area contributed by atoms with E-state index in [9.17, 15) is 18.7 Å². The minimum atomic E-state index is -3.82. The lowest BCUT2D eigenvalue weighted by molar-refractivity contribution is -0.170. The third kappa shape index (κ3) is 5.76. The number of aromatic nitrogens is 3. The standard InChI is InChI=1S/C27H33F3N6O3/c1-15-14-35(6)10-11-36(15)25(37)39-22-12-19-21(13-31-22)33-17(3)34-24(19)32-16(2)18-8-7-9-20(23(18)28)27(29,30)26(4,5)38/h7-9,12-13,15-16,38H,10-11,14H2,1-6H3,(H,32,33,34)/t15?,16-/m1/s1. The number of nitrogens with one attached hydrogen (secondary N) is 1. The maximum atomic E-state index is 15.3. The molecule has 1 fully saturated rings. The minimum absolute atomic E-state index is 0.0322. The fourth-order valence-corrected chi connectivity index (χ4v) is 4.59. The van der Waals surface area contributed by atoms with Gasteiger partial charge < -0.3 is 25.0 Å². The third-order valence-corrected chi connectivity index (χ3v) is 6.88. The summed E-state index contributed by atoms with van der Waals surface area (Å²) in [5, 5.41) is 13.5. The molecule has 0 saturated carbocycles. The Bertz CT molecular complexity index is 1380. The molecule has 0 spiro atoms. The zero-order valence-corrected chi connectivity index (χ0v) is 22.8. The van der Waals surface area contributed by atoms with Crippen LogP contribution in [0.25, 0.3) is 10.9 Å². The van der Waals surface area contributed by atoms with Crippen molar-refractivity contribution in [3.63, 3.8) is 0 Å². The molecule has 1 aromatic carbocycles. The van der Waals surface area contributed by atoms with Crippen molar-refractivity contribution in [2.24, 2.45) is 0 Å². The number of carbonyl (C=O) groups excluding carboxylic acids is 1. The quantitative estimate of drug-likeness (QED) is 0.461. The van der Waals surface area contributed by atoms with E-state index in [1.807, 2.05) is 14.0 Å². The monoisotopic (exact) mass is 546 g/mol. The van der Waals surface area contributed by atoms with Gasteiger partial charge in [-0.1, -0.05) is 12.1 Å².